The van der Waals surface area contributed by atoms with Gasteiger partial charge in [0, 0.05) is 24.7 Å². The van der Waals surface area contributed by atoms with E-state index in [0.717, 1.165) is 56.6 Å². The number of aromatic nitrogens is 2. The van der Waals surface area contributed by atoms with Crippen molar-refractivity contribution in [1.82, 2.24) is 14.9 Å². The van der Waals surface area contributed by atoms with Gasteiger partial charge in [-0.3, -0.25) is 4.90 Å². The predicted molar refractivity (Wildman–Crippen MR) is 94.4 cm³/mol. The van der Waals surface area contributed by atoms with Gasteiger partial charge in [0.05, 0.1) is 11.3 Å². The van der Waals surface area contributed by atoms with Crippen LogP contribution in [0.15, 0.2) is 30.5 Å². The Balaban J connectivity index is 1.52. The summed E-state index contributed by atoms with van der Waals surface area (Å²) in [5.74, 6) is -0.523. The third-order valence-electron chi connectivity index (χ3n) is 5.52. The van der Waals surface area contributed by atoms with Crippen LogP contribution in [-0.4, -0.2) is 39.0 Å². The minimum Gasteiger partial charge on any atom is -0.478 e. The van der Waals surface area contributed by atoms with Gasteiger partial charge in [0.2, 0.25) is 5.95 Å². The summed E-state index contributed by atoms with van der Waals surface area (Å²) in [4.78, 5) is 22.2. The SMILES string of the molecule is Nc1ncc2c(n1)C1(CCCN(Cc3ccc(C(=O)O)cc3)C1)CC2. The second-order valence-corrected chi connectivity index (χ2v) is 7.20. The van der Waals surface area contributed by atoms with E-state index in [2.05, 4.69) is 14.9 Å². The molecule has 6 nitrogen and oxygen atoms in total. The number of nitrogens with two attached hydrogens (primary N) is 1. The van der Waals surface area contributed by atoms with Crippen molar-refractivity contribution in [2.75, 3.05) is 18.8 Å². The largest absolute Gasteiger partial charge is 0.478 e. The maximum Gasteiger partial charge on any atom is 0.335 e. The number of anilines is 1. The number of rotatable bonds is 3. The van der Waals surface area contributed by atoms with Crippen molar-refractivity contribution in [2.45, 2.75) is 37.6 Å². The summed E-state index contributed by atoms with van der Waals surface area (Å²) in [6, 6.07) is 7.17. The average Bonchev–Trinajstić information content (AvgIpc) is 2.93. The average molecular weight is 338 g/mol. The molecular weight excluding hydrogens is 316 g/mol. The molecule has 2 aromatic rings. The Morgan fingerprint density at radius 3 is 2.84 bits per heavy atom. The van der Waals surface area contributed by atoms with Gasteiger partial charge in [-0.2, -0.15) is 0 Å². The Morgan fingerprint density at radius 1 is 1.28 bits per heavy atom. The summed E-state index contributed by atoms with van der Waals surface area (Å²) in [5.41, 5.74) is 9.78. The molecule has 0 amide bonds. The molecule has 1 aliphatic heterocycles. The second-order valence-electron chi connectivity index (χ2n) is 7.20. The van der Waals surface area contributed by atoms with E-state index >= 15 is 0 Å². The number of carbonyl (C=O) groups is 1. The number of likely N-dealkylation sites (tertiary alicyclic amines) is 1. The van der Waals surface area contributed by atoms with Gasteiger partial charge in [-0.1, -0.05) is 12.1 Å². The van der Waals surface area contributed by atoms with E-state index in [-0.39, 0.29) is 5.41 Å². The van der Waals surface area contributed by atoms with Crippen molar-refractivity contribution in [3.8, 4) is 0 Å². The van der Waals surface area contributed by atoms with E-state index in [9.17, 15) is 4.79 Å². The lowest BCUT2D eigenvalue weighted by atomic mass is 9.77. The monoisotopic (exact) mass is 338 g/mol. The summed E-state index contributed by atoms with van der Waals surface area (Å²) in [6.45, 7) is 2.85. The van der Waals surface area contributed by atoms with Gasteiger partial charge in [-0.05, 0) is 55.5 Å². The molecule has 3 N–H and O–H groups in total. The first-order valence-electron chi connectivity index (χ1n) is 8.72. The topological polar surface area (TPSA) is 92.3 Å². The van der Waals surface area contributed by atoms with Gasteiger partial charge in [0.1, 0.15) is 0 Å². The van der Waals surface area contributed by atoms with Gasteiger partial charge in [0.15, 0.2) is 0 Å². The molecule has 0 saturated carbocycles. The van der Waals surface area contributed by atoms with Crippen molar-refractivity contribution in [1.29, 1.82) is 0 Å². The quantitative estimate of drug-likeness (QED) is 0.892. The predicted octanol–water partition coefficient (Wildman–Crippen LogP) is 2.24. The molecular formula is C19H22N4O2. The lowest BCUT2D eigenvalue weighted by Gasteiger charge is -2.40. The molecule has 2 heterocycles. The first kappa shape index (κ1) is 16.0. The molecule has 6 heteroatoms. The highest BCUT2D eigenvalue weighted by Gasteiger charge is 2.43. The number of carboxylic acid groups (broad SMARTS) is 1. The number of nitrogens with zero attached hydrogens (tertiary/aromatic N) is 3. The lowest BCUT2D eigenvalue weighted by molar-refractivity contribution is 0.0697. The number of carboxylic acids is 1. The van der Waals surface area contributed by atoms with E-state index in [1.165, 1.54) is 5.56 Å². The fourth-order valence-corrected chi connectivity index (χ4v) is 4.33. The zero-order valence-electron chi connectivity index (χ0n) is 14.1. The van der Waals surface area contributed by atoms with E-state index in [1.54, 1.807) is 12.1 Å². The molecule has 0 radical (unpaired) electrons. The number of piperidine rings is 1. The molecule has 1 aromatic heterocycles. The molecule has 1 fully saturated rings. The molecule has 1 saturated heterocycles. The molecule has 4 rings (SSSR count). The Morgan fingerprint density at radius 2 is 2.08 bits per heavy atom. The Hall–Kier alpha value is -2.47. The molecule has 25 heavy (non-hydrogen) atoms. The number of aromatic carboxylic acids is 1. The summed E-state index contributed by atoms with van der Waals surface area (Å²) in [5, 5.41) is 9.02. The van der Waals surface area contributed by atoms with E-state index in [1.807, 2.05) is 18.3 Å². The van der Waals surface area contributed by atoms with Crippen LogP contribution < -0.4 is 5.73 Å². The first-order valence-corrected chi connectivity index (χ1v) is 8.72. The molecule has 1 atom stereocenters. The minimum atomic E-state index is -0.886. The van der Waals surface area contributed by atoms with Crippen LogP contribution in [0.5, 0.6) is 0 Å². The van der Waals surface area contributed by atoms with Crippen LogP contribution in [0.3, 0.4) is 0 Å². The number of hydrogen-bond acceptors (Lipinski definition) is 5. The van der Waals surface area contributed by atoms with Crippen molar-refractivity contribution >= 4 is 11.9 Å². The maximum absolute atomic E-state index is 11.0. The van der Waals surface area contributed by atoms with Crippen LogP contribution in [-0.2, 0) is 18.4 Å². The van der Waals surface area contributed by atoms with E-state index < -0.39 is 5.97 Å². The Kier molecular flexibility index (Phi) is 3.92. The van der Waals surface area contributed by atoms with E-state index in [4.69, 9.17) is 10.8 Å². The van der Waals surface area contributed by atoms with Crippen molar-refractivity contribution < 1.29 is 9.90 Å². The van der Waals surface area contributed by atoms with E-state index in [0.29, 0.717) is 11.5 Å². The summed E-state index contributed by atoms with van der Waals surface area (Å²) in [6.07, 6.45) is 6.29. The highest BCUT2D eigenvalue weighted by atomic mass is 16.4. The van der Waals surface area contributed by atoms with Gasteiger partial charge in [0.25, 0.3) is 0 Å². The van der Waals surface area contributed by atoms with Crippen LogP contribution >= 0.6 is 0 Å². The van der Waals surface area contributed by atoms with Crippen molar-refractivity contribution in [3.05, 3.63) is 52.8 Å². The van der Waals surface area contributed by atoms with Crippen LogP contribution in [0.4, 0.5) is 5.95 Å². The third kappa shape index (κ3) is 2.98. The fraction of sp³-hybridized carbons (Fsp3) is 0.421. The third-order valence-corrected chi connectivity index (χ3v) is 5.52. The molecule has 1 aliphatic carbocycles. The van der Waals surface area contributed by atoms with Crippen LogP contribution in [0.1, 0.15) is 46.4 Å². The zero-order chi connectivity index (χ0) is 17.4. The standard InChI is InChI=1S/C19H22N4O2/c20-18-21-10-15-6-8-19(16(15)22-18)7-1-9-23(12-19)11-13-2-4-14(5-3-13)17(24)25/h2-5,10H,1,6-9,11-12H2,(H,24,25)(H2,20,21,22). The highest BCUT2D eigenvalue weighted by Crippen LogP contribution is 2.44. The van der Waals surface area contributed by atoms with Crippen molar-refractivity contribution in [3.63, 3.8) is 0 Å². The number of benzene rings is 1. The second kappa shape index (κ2) is 6.11. The molecule has 2 aliphatic rings. The normalized spacial score (nSPS) is 22.9. The zero-order valence-corrected chi connectivity index (χ0v) is 14.1. The van der Waals surface area contributed by atoms with Gasteiger partial charge >= 0.3 is 5.97 Å². The number of nitrogen functional groups attached to an aromatic ring is 1. The Bertz CT molecular complexity index is 802. The van der Waals surface area contributed by atoms with Crippen LogP contribution in [0, 0.1) is 0 Å². The van der Waals surface area contributed by atoms with Crippen LogP contribution in [0.2, 0.25) is 0 Å². The Labute approximate surface area is 146 Å². The van der Waals surface area contributed by atoms with Crippen LogP contribution in [0.25, 0.3) is 0 Å². The molecule has 0 bridgehead atoms. The fourth-order valence-electron chi connectivity index (χ4n) is 4.33. The summed E-state index contributed by atoms with van der Waals surface area (Å²) < 4.78 is 0. The molecule has 130 valence electrons. The molecule has 1 aromatic carbocycles. The highest BCUT2D eigenvalue weighted by molar-refractivity contribution is 5.87. The molecule has 1 spiro atoms. The smallest absolute Gasteiger partial charge is 0.335 e. The van der Waals surface area contributed by atoms with Crippen molar-refractivity contribution in [2.24, 2.45) is 0 Å². The minimum absolute atomic E-state index is 0.0889. The number of aryl methyl sites for hydroxylation is 1. The van der Waals surface area contributed by atoms with Gasteiger partial charge in [-0.15, -0.1) is 0 Å². The molecule has 1 unspecified atom stereocenters. The van der Waals surface area contributed by atoms with Gasteiger partial charge in [-0.25, -0.2) is 14.8 Å². The summed E-state index contributed by atoms with van der Waals surface area (Å²) in [7, 11) is 0. The summed E-state index contributed by atoms with van der Waals surface area (Å²) >= 11 is 0. The lowest BCUT2D eigenvalue weighted by Crippen LogP contribution is -2.45. The number of fused-ring (bicyclic) bond motifs is 2. The maximum atomic E-state index is 11.0. The first-order chi connectivity index (χ1) is 12.1. The van der Waals surface area contributed by atoms with Gasteiger partial charge < -0.3 is 10.8 Å². The number of hydrogen-bond donors (Lipinski definition) is 2.